The average Bonchev–Trinajstić information content (AvgIpc) is 2.28. The van der Waals surface area contributed by atoms with Crippen molar-refractivity contribution in [2.45, 2.75) is 18.7 Å². The second-order valence-electron chi connectivity index (χ2n) is 4.49. The lowest BCUT2D eigenvalue weighted by atomic mass is 9.95. The van der Waals surface area contributed by atoms with Crippen molar-refractivity contribution in [1.82, 2.24) is 0 Å². The highest BCUT2D eigenvalue weighted by Crippen LogP contribution is 2.19. The van der Waals surface area contributed by atoms with Gasteiger partial charge in [-0.25, -0.2) is 8.42 Å². The quantitative estimate of drug-likeness (QED) is 0.899. The van der Waals surface area contributed by atoms with Crippen LogP contribution in [0, 0.1) is 16.7 Å². The number of sulfone groups is 1. The Bertz CT molecular complexity index is 595. The minimum absolute atomic E-state index is 0.181. The van der Waals surface area contributed by atoms with E-state index in [0.717, 1.165) is 6.26 Å². The first kappa shape index (κ1) is 14.2. The molecular weight excluding hydrogens is 252 g/mol. The summed E-state index contributed by atoms with van der Waals surface area (Å²) in [5.74, 6) is -0.433. The normalized spacial score (nSPS) is 11.7. The van der Waals surface area contributed by atoms with E-state index in [1.54, 1.807) is 0 Å². The smallest absolute Gasteiger partial charge is 0.244 e. The molecule has 0 atom stereocenters. The van der Waals surface area contributed by atoms with Crippen LogP contribution in [0.25, 0.3) is 0 Å². The first-order chi connectivity index (χ1) is 8.16. The van der Waals surface area contributed by atoms with Gasteiger partial charge in [-0.05, 0) is 38.1 Å². The lowest BCUT2D eigenvalue weighted by Gasteiger charge is -2.15. The standard InChI is InChI=1S/C12H14N2O3S/c1-12(2,8-13)11(15)14-9-4-6-10(7-5-9)18(3,16)17/h4-7H,1-3H3,(H,14,15). The van der Waals surface area contributed by atoms with Crippen LogP contribution in [0.2, 0.25) is 0 Å². The Labute approximate surface area is 106 Å². The van der Waals surface area contributed by atoms with Crippen molar-refractivity contribution in [1.29, 1.82) is 5.26 Å². The van der Waals surface area contributed by atoms with Crippen LogP contribution in [0.4, 0.5) is 5.69 Å². The predicted octanol–water partition coefficient (Wildman–Crippen LogP) is 1.58. The SMILES string of the molecule is CC(C)(C#N)C(=O)Nc1ccc(S(C)(=O)=O)cc1. The molecule has 0 aliphatic rings. The minimum atomic E-state index is -3.25. The molecule has 1 rings (SSSR count). The molecule has 0 radical (unpaired) electrons. The van der Waals surface area contributed by atoms with Gasteiger partial charge < -0.3 is 5.32 Å². The molecule has 96 valence electrons. The predicted molar refractivity (Wildman–Crippen MR) is 67.6 cm³/mol. The summed E-state index contributed by atoms with van der Waals surface area (Å²) in [5, 5.41) is 11.4. The fourth-order valence-electron chi connectivity index (χ4n) is 1.12. The van der Waals surface area contributed by atoms with Crippen LogP contribution in [0.15, 0.2) is 29.2 Å². The fourth-order valence-corrected chi connectivity index (χ4v) is 1.75. The minimum Gasteiger partial charge on any atom is -0.325 e. The van der Waals surface area contributed by atoms with E-state index in [1.165, 1.54) is 38.1 Å². The van der Waals surface area contributed by atoms with Gasteiger partial charge in [-0.3, -0.25) is 4.79 Å². The molecule has 0 heterocycles. The van der Waals surface area contributed by atoms with Crippen molar-refractivity contribution in [3.63, 3.8) is 0 Å². The highest BCUT2D eigenvalue weighted by atomic mass is 32.2. The number of carbonyl (C=O) groups excluding carboxylic acids is 1. The van der Waals surface area contributed by atoms with E-state index in [2.05, 4.69) is 5.32 Å². The summed E-state index contributed by atoms with van der Waals surface area (Å²) in [7, 11) is -3.25. The Morgan fingerprint density at radius 1 is 1.28 bits per heavy atom. The number of benzene rings is 1. The van der Waals surface area contributed by atoms with Gasteiger partial charge in [-0.1, -0.05) is 0 Å². The number of hydrogen-bond acceptors (Lipinski definition) is 4. The first-order valence-electron chi connectivity index (χ1n) is 5.19. The van der Waals surface area contributed by atoms with Crippen LogP contribution in [0.5, 0.6) is 0 Å². The molecule has 1 aromatic rings. The van der Waals surface area contributed by atoms with Crippen molar-refractivity contribution in [2.24, 2.45) is 5.41 Å². The molecule has 0 bridgehead atoms. The zero-order valence-corrected chi connectivity index (χ0v) is 11.2. The van der Waals surface area contributed by atoms with Crippen molar-refractivity contribution in [2.75, 3.05) is 11.6 Å². The third kappa shape index (κ3) is 3.31. The van der Waals surface area contributed by atoms with E-state index in [9.17, 15) is 13.2 Å². The van der Waals surface area contributed by atoms with Crippen molar-refractivity contribution in [3.8, 4) is 6.07 Å². The third-order valence-electron chi connectivity index (χ3n) is 2.39. The lowest BCUT2D eigenvalue weighted by Crippen LogP contribution is -2.29. The summed E-state index contributed by atoms with van der Waals surface area (Å²) in [6.45, 7) is 3.01. The maximum atomic E-state index is 11.7. The molecule has 6 heteroatoms. The highest BCUT2D eigenvalue weighted by Gasteiger charge is 2.27. The molecular formula is C12H14N2O3S. The zero-order chi connectivity index (χ0) is 14.0. The molecule has 1 aromatic carbocycles. The summed E-state index contributed by atoms with van der Waals surface area (Å²) in [6, 6.07) is 7.68. The van der Waals surface area contributed by atoms with Gasteiger partial charge in [0.15, 0.2) is 9.84 Å². The van der Waals surface area contributed by atoms with Gasteiger partial charge in [0.1, 0.15) is 5.41 Å². The molecule has 1 amide bonds. The molecule has 0 saturated heterocycles. The topological polar surface area (TPSA) is 87.0 Å². The van der Waals surface area contributed by atoms with Crippen LogP contribution < -0.4 is 5.32 Å². The van der Waals surface area contributed by atoms with E-state index in [4.69, 9.17) is 5.26 Å². The molecule has 0 aliphatic heterocycles. The van der Waals surface area contributed by atoms with Crippen LogP contribution in [-0.4, -0.2) is 20.6 Å². The Morgan fingerprint density at radius 3 is 2.17 bits per heavy atom. The summed E-state index contributed by atoms with van der Waals surface area (Å²) in [4.78, 5) is 11.9. The molecule has 0 spiro atoms. The average molecular weight is 266 g/mol. The van der Waals surface area contributed by atoms with Crippen molar-refractivity contribution in [3.05, 3.63) is 24.3 Å². The van der Waals surface area contributed by atoms with E-state index < -0.39 is 21.2 Å². The Balaban J connectivity index is 2.90. The van der Waals surface area contributed by atoms with Gasteiger partial charge >= 0.3 is 0 Å². The molecule has 0 saturated carbocycles. The zero-order valence-electron chi connectivity index (χ0n) is 10.4. The Kier molecular flexibility index (Phi) is 3.77. The van der Waals surface area contributed by atoms with E-state index in [0.29, 0.717) is 5.69 Å². The summed E-state index contributed by atoms with van der Waals surface area (Å²) < 4.78 is 22.5. The summed E-state index contributed by atoms with van der Waals surface area (Å²) >= 11 is 0. The van der Waals surface area contributed by atoms with Gasteiger partial charge in [0.25, 0.3) is 0 Å². The lowest BCUT2D eigenvalue weighted by molar-refractivity contribution is -0.121. The van der Waals surface area contributed by atoms with Gasteiger partial charge in [0, 0.05) is 11.9 Å². The molecule has 1 N–H and O–H groups in total. The molecule has 5 nitrogen and oxygen atoms in total. The van der Waals surface area contributed by atoms with Crippen LogP contribution in [-0.2, 0) is 14.6 Å². The van der Waals surface area contributed by atoms with E-state index in [1.807, 2.05) is 6.07 Å². The molecule has 18 heavy (non-hydrogen) atoms. The largest absolute Gasteiger partial charge is 0.325 e. The maximum Gasteiger partial charge on any atom is 0.244 e. The van der Waals surface area contributed by atoms with Gasteiger partial charge in [-0.15, -0.1) is 0 Å². The number of nitrogens with zero attached hydrogens (tertiary/aromatic N) is 1. The van der Waals surface area contributed by atoms with Gasteiger partial charge in [-0.2, -0.15) is 5.26 Å². The Hall–Kier alpha value is -1.87. The van der Waals surface area contributed by atoms with Gasteiger partial charge in [0.2, 0.25) is 5.91 Å². The van der Waals surface area contributed by atoms with E-state index >= 15 is 0 Å². The van der Waals surface area contributed by atoms with E-state index in [-0.39, 0.29) is 4.90 Å². The highest BCUT2D eigenvalue weighted by molar-refractivity contribution is 7.90. The number of carbonyl (C=O) groups is 1. The van der Waals surface area contributed by atoms with Gasteiger partial charge in [0.05, 0.1) is 11.0 Å². The summed E-state index contributed by atoms with van der Waals surface area (Å²) in [6.07, 6.45) is 1.11. The number of nitriles is 1. The van der Waals surface area contributed by atoms with Crippen LogP contribution in [0.3, 0.4) is 0 Å². The summed E-state index contributed by atoms with van der Waals surface area (Å²) in [5.41, 5.74) is -0.675. The Morgan fingerprint density at radius 2 is 1.78 bits per heavy atom. The number of hydrogen-bond donors (Lipinski definition) is 1. The third-order valence-corrected chi connectivity index (χ3v) is 3.52. The van der Waals surface area contributed by atoms with Crippen LogP contribution >= 0.6 is 0 Å². The number of nitrogens with one attached hydrogen (secondary N) is 1. The fraction of sp³-hybridized carbons (Fsp3) is 0.333. The second-order valence-corrected chi connectivity index (χ2v) is 6.50. The number of amides is 1. The number of rotatable bonds is 3. The molecule has 0 fully saturated rings. The van der Waals surface area contributed by atoms with Crippen molar-refractivity contribution >= 4 is 21.4 Å². The molecule has 0 aromatic heterocycles. The van der Waals surface area contributed by atoms with Crippen LogP contribution in [0.1, 0.15) is 13.8 Å². The first-order valence-corrected chi connectivity index (χ1v) is 7.09. The molecule has 0 unspecified atom stereocenters. The number of anilines is 1. The van der Waals surface area contributed by atoms with Crippen molar-refractivity contribution < 1.29 is 13.2 Å². The monoisotopic (exact) mass is 266 g/mol. The second kappa shape index (κ2) is 4.78. The molecule has 0 aliphatic carbocycles. The maximum absolute atomic E-state index is 11.7.